The lowest BCUT2D eigenvalue weighted by molar-refractivity contribution is -0.125. The molecule has 180 valence electrons. The molecule has 1 aliphatic heterocycles. The Morgan fingerprint density at radius 2 is 1.97 bits per heavy atom. The number of imide groups is 1. The first kappa shape index (κ1) is 24.0. The van der Waals surface area contributed by atoms with Crippen LogP contribution in [0.15, 0.2) is 48.9 Å². The molecule has 3 N–H and O–H groups in total. The number of rotatable bonds is 7. The topological polar surface area (TPSA) is 128 Å². The zero-order valence-electron chi connectivity index (χ0n) is 19.8. The molecule has 4 heterocycles. The lowest BCUT2D eigenvalue weighted by atomic mass is 9.99. The van der Waals surface area contributed by atoms with E-state index in [0.29, 0.717) is 46.4 Å². The lowest BCUT2D eigenvalue weighted by Gasteiger charge is -2.25. The number of nitrogens with zero attached hydrogens (tertiary/aromatic N) is 3. The maximum absolute atomic E-state index is 13.2. The summed E-state index contributed by atoms with van der Waals surface area (Å²) in [6.45, 7) is 5.85. The molecular weight excluding hydrogens is 446 g/mol. The minimum atomic E-state index is -1.01. The van der Waals surface area contributed by atoms with E-state index in [1.54, 1.807) is 41.7 Å². The molecule has 9 nitrogen and oxygen atoms in total. The van der Waals surface area contributed by atoms with Crippen molar-refractivity contribution in [3.8, 4) is 0 Å². The summed E-state index contributed by atoms with van der Waals surface area (Å²) in [6.07, 6.45) is 4.83. The van der Waals surface area contributed by atoms with Crippen LogP contribution in [0.25, 0.3) is 21.8 Å². The molecule has 0 saturated carbocycles. The van der Waals surface area contributed by atoms with Crippen LogP contribution in [-0.4, -0.2) is 44.3 Å². The van der Waals surface area contributed by atoms with Crippen LogP contribution in [0, 0.1) is 0 Å². The monoisotopic (exact) mass is 473 g/mol. The number of aliphatic hydroxyl groups excluding tert-OH is 1. The number of fused-ring (bicyclic) bond motifs is 1. The number of aromatic nitrogens is 3. The van der Waals surface area contributed by atoms with Gasteiger partial charge in [0.05, 0.1) is 17.6 Å². The van der Waals surface area contributed by atoms with Gasteiger partial charge in [0.15, 0.2) is 0 Å². The second kappa shape index (κ2) is 10.0. The van der Waals surface area contributed by atoms with E-state index < -0.39 is 12.0 Å². The number of carbonyl (C=O) groups is 3. The molecule has 3 amide bonds. The molecule has 0 aliphatic carbocycles. The first-order chi connectivity index (χ1) is 17.0. The van der Waals surface area contributed by atoms with Crippen molar-refractivity contribution in [2.24, 2.45) is 0 Å². The van der Waals surface area contributed by atoms with Gasteiger partial charge in [0.25, 0.3) is 5.91 Å². The van der Waals surface area contributed by atoms with Crippen LogP contribution >= 0.6 is 0 Å². The van der Waals surface area contributed by atoms with Crippen molar-refractivity contribution >= 4 is 45.7 Å². The van der Waals surface area contributed by atoms with E-state index in [1.807, 2.05) is 32.9 Å². The van der Waals surface area contributed by atoms with Crippen LogP contribution in [0.5, 0.6) is 0 Å². The molecule has 35 heavy (non-hydrogen) atoms. The average molecular weight is 474 g/mol. The number of amides is 3. The van der Waals surface area contributed by atoms with Gasteiger partial charge in [-0.3, -0.25) is 24.7 Å². The summed E-state index contributed by atoms with van der Waals surface area (Å²) < 4.78 is 0. The van der Waals surface area contributed by atoms with E-state index in [4.69, 9.17) is 0 Å². The zero-order chi connectivity index (χ0) is 25.1. The number of nitrogens with one attached hydrogen (secondary N) is 2. The number of carbonyl (C=O) groups excluding carboxylic acids is 3. The van der Waals surface area contributed by atoms with Crippen molar-refractivity contribution in [2.75, 3.05) is 4.90 Å². The van der Waals surface area contributed by atoms with Gasteiger partial charge in [0.1, 0.15) is 11.8 Å². The summed E-state index contributed by atoms with van der Waals surface area (Å²) in [7, 11) is 0. The van der Waals surface area contributed by atoms with E-state index >= 15 is 0 Å². The highest BCUT2D eigenvalue weighted by Crippen LogP contribution is 2.42. The number of aromatic amines is 1. The Hall–Kier alpha value is -4.11. The van der Waals surface area contributed by atoms with E-state index in [2.05, 4.69) is 20.3 Å². The predicted molar refractivity (Wildman–Crippen MR) is 133 cm³/mol. The van der Waals surface area contributed by atoms with Crippen LogP contribution in [0.4, 0.5) is 5.69 Å². The van der Waals surface area contributed by atoms with E-state index in [9.17, 15) is 19.5 Å². The summed E-state index contributed by atoms with van der Waals surface area (Å²) in [5, 5.41) is 15.6. The van der Waals surface area contributed by atoms with Crippen LogP contribution in [0.2, 0.25) is 0 Å². The Balaban J connectivity index is 0.00000141. The van der Waals surface area contributed by atoms with Crippen molar-refractivity contribution in [2.45, 2.75) is 45.8 Å². The lowest BCUT2D eigenvalue weighted by Crippen LogP contribution is -2.37. The number of benzene rings is 1. The van der Waals surface area contributed by atoms with Gasteiger partial charge >= 0.3 is 0 Å². The summed E-state index contributed by atoms with van der Waals surface area (Å²) in [5.74, 6) is -0.570. The second-order valence-corrected chi connectivity index (χ2v) is 8.05. The number of hydrogen-bond donors (Lipinski definition) is 3. The molecule has 0 fully saturated rings. The Morgan fingerprint density at radius 1 is 1.20 bits per heavy atom. The summed E-state index contributed by atoms with van der Waals surface area (Å²) in [6, 6.07) is 8.78. The van der Waals surface area contributed by atoms with Crippen molar-refractivity contribution in [3.63, 3.8) is 0 Å². The first-order valence-corrected chi connectivity index (χ1v) is 11.6. The quantitative estimate of drug-likeness (QED) is 0.352. The van der Waals surface area contributed by atoms with Crippen LogP contribution in [-0.2, 0) is 9.59 Å². The molecule has 1 aliphatic rings. The molecule has 3 aromatic heterocycles. The number of anilines is 1. The van der Waals surface area contributed by atoms with Gasteiger partial charge in [-0.05, 0) is 31.5 Å². The predicted octanol–water partition coefficient (Wildman–Crippen LogP) is 3.62. The van der Waals surface area contributed by atoms with Gasteiger partial charge < -0.3 is 15.0 Å². The number of aliphatic hydroxyl groups is 1. The summed E-state index contributed by atoms with van der Waals surface area (Å²) in [4.78, 5) is 48.9. The van der Waals surface area contributed by atoms with Crippen molar-refractivity contribution < 1.29 is 19.5 Å². The van der Waals surface area contributed by atoms with Crippen molar-refractivity contribution in [1.29, 1.82) is 0 Å². The Bertz CT molecular complexity index is 1410. The van der Waals surface area contributed by atoms with Crippen LogP contribution in [0.3, 0.4) is 0 Å². The minimum absolute atomic E-state index is 0.113. The average Bonchev–Trinajstić information content (AvgIpc) is 3.44. The molecule has 4 aromatic rings. The van der Waals surface area contributed by atoms with Gasteiger partial charge in [0, 0.05) is 52.1 Å². The Labute approximate surface area is 202 Å². The smallest absolute Gasteiger partial charge is 0.259 e. The molecule has 2 atom stereocenters. The summed E-state index contributed by atoms with van der Waals surface area (Å²) >= 11 is 0. The zero-order valence-corrected chi connectivity index (χ0v) is 19.8. The normalized spacial score (nSPS) is 13.9. The SMILES string of the molecule is CC.CC(CCC(=O)NC=O)N1C(=O)c2cccc3c(C(O)c4c[nH]c5ncccc45)ncc1c23. The van der Waals surface area contributed by atoms with E-state index in [-0.39, 0.29) is 18.4 Å². The molecule has 9 heteroatoms. The van der Waals surface area contributed by atoms with Gasteiger partial charge in [-0.1, -0.05) is 26.0 Å². The van der Waals surface area contributed by atoms with Gasteiger partial charge in [0.2, 0.25) is 12.3 Å². The molecule has 0 bridgehead atoms. The highest BCUT2D eigenvalue weighted by atomic mass is 16.3. The molecule has 0 radical (unpaired) electrons. The molecule has 5 rings (SSSR count). The van der Waals surface area contributed by atoms with Crippen LogP contribution < -0.4 is 10.2 Å². The summed E-state index contributed by atoms with van der Waals surface area (Å²) in [5.41, 5.74) is 2.95. The van der Waals surface area contributed by atoms with E-state index in [1.165, 1.54) is 0 Å². The highest BCUT2D eigenvalue weighted by Gasteiger charge is 2.35. The Morgan fingerprint density at radius 3 is 2.74 bits per heavy atom. The van der Waals surface area contributed by atoms with Crippen molar-refractivity contribution in [3.05, 3.63) is 65.7 Å². The molecule has 2 unspecified atom stereocenters. The van der Waals surface area contributed by atoms with E-state index in [0.717, 1.165) is 10.8 Å². The van der Waals surface area contributed by atoms with Gasteiger partial charge in [-0.2, -0.15) is 0 Å². The third-order valence-electron chi connectivity index (χ3n) is 6.12. The van der Waals surface area contributed by atoms with Gasteiger partial charge in [-0.15, -0.1) is 0 Å². The van der Waals surface area contributed by atoms with Crippen molar-refractivity contribution in [1.82, 2.24) is 20.3 Å². The standard InChI is InChI=1S/C24H21N5O4.C2H6/c1-13(7-8-19(31)28-12-30)29-18-11-26-21(15-4-2-5-16(20(15)18)24(29)33)22(32)17-10-27-23-14(17)6-3-9-25-23;1-2/h2-6,9-13,22,32H,7-8H2,1H3,(H,25,27)(H,28,30,31);1-2H3. The number of pyridine rings is 2. The first-order valence-electron chi connectivity index (χ1n) is 11.6. The fraction of sp³-hybridized carbons (Fsp3) is 0.269. The fourth-order valence-corrected chi connectivity index (χ4v) is 4.52. The molecule has 1 aromatic carbocycles. The van der Waals surface area contributed by atoms with Gasteiger partial charge in [-0.25, -0.2) is 4.98 Å². The largest absolute Gasteiger partial charge is 0.382 e. The minimum Gasteiger partial charge on any atom is -0.382 e. The fourth-order valence-electron chi connectivity index (χ4n) is 4.52. The Kier molecular flexibility index (Phi) is 6.88. The maximum Gasteiger partial charge on any atom is 0.259 e. The van der Waals surface area contributed by atoms with Crippen LogP contribution in [0.1, 0.15) is 61.3 Å². The third-order valence-corrected chi connectivity index (χ3v) is 6.12. The second-order valence-electron chi connectivity index (χ2n) is 8.05. The number of hydrogen-bond acceptors (Lipinski definition) is 6. The maximum atomic E-state index is 13.2. The highest BCUT2D eigenvalue weighted by molar-refractivity contribution is 6.25. The number of H-pyrrole nitrogens is 1. The molecule has 0 spiro atoms. The molecular formula is C26H27N5O4. The third kappa shape index (κ3) is 4.15. The molecule has 0 saturated heterocycles.